The van der Waals surface area contributed by atoms with Crippen molar-refractivity contribution >= 4 is 11.6 Å². The molecule has 2 rings (SSSR count). The number of nitrogens with one attached hydrogen (secondary N) is 1. The van der Waals surface area contributed by atoms with Gasteiger partial charge in [0.2, 0.25) is 0 Å². The van der Waals surface area contributed by atoms with Gasteiger partial charge in [-0.2, -0.15) is 0 Å². The van der Waals surface area contributed by atoms with E-state index in [1.165, 1.54) is 0 Å². The van der Waals surface area contributed by atoms with Crippen LogP contribution in [0.2, 0.25) is 0 Å². The van der Waals surface area contributed by atoms with Crippen molar-refractivity contribution in [2.45, 2.75) is 13.8 Å². The molecule has 1 amide bonds. The maximum absolute atomic E-state index is 12.2. The zero-order chi connectivity index (χ0) is 13.8. The molecule has 98 valence electrons. The van der Waals surface area contributed by atoms with Crippen LogP contribution in [-0.2, 0) is 0 Å². The molecule has 0 aliphatic rings. The largest absolute Gasteiger partial charge is 0.288 e. The van der Waals surface area contributed by atoms with Gasteiger partial charge in [0.1, 0.15) is 0 Å². The van der Waals surface area contributed by atoms with Gasteiger partial charge in [-0.25, -0.2) is 0 Å². The fourth-order valence-corrected chi connectivity index (χ4v) is 2.04. The molecule has 0 saturated heterocycles. The van der Waals surface area contributed by atoms with Crippen molar-refractivity contribution in [3.05, 3.63) is 65.2 Å². The number of hydrogen-bond donors (Lipinski definition) is 1. The first-order valence-electron chi connectivity index (χ1n) is 6.24. The van der Waals surface area contributed by atoms with Crippen LogP contribution in [0, 0.1) is 13.8 Å². The van der Waals surface area contributed by atoms with Gasteiger partial charge in [0.25, 0.3) is 5.91 Å². The number of amides is 1. The number of para-hydroxylation sites is 1. The smallest absolute Gasteiger partial charge is 0.269 e. The molecule has 0 bridgehead atoms. The average molecular weight is 254 g/mol. The Labute approximate surface area is 113 Å². The topological polar surface area (TPSA) is 32.3 Å². The number of carbonyl (C=O) groups is 1. The van der Waals surface area contributed by atoms with Crippen molar-refractivity contribution < 1.29 is 4.79 Å². The standard InChI is InChI=1S/C16H18N2O/c1-12-9-13(2)11-14(10-12)16(19)17-18(3)15-7-5-4-6-8-15/h4-11H,1-3H3,(H,17,19). The van der Waals surface area contributed by atoms with E-state index in [4.69, 9.17) is 0 Å². The van der Waals surface area contributed by atoms with Gasteiger partial charge in [0, 0.05) is 12.6 Å². The lowest BCUT2D eigenvalue weighted by molar-refractivity contribution is 0.0951. The molecule has 1 N–H and O–H groups in total. The maximum atomic E-state index is 12.2. The molecule has 0 aliphatic carbocycles. The number of nitrogens with zero attached hydrogens (tertiary/aromatic N) is 1. The van der Waals surface area contributed by atoms with Crippen LogP contribution in [0.4, 0.5) is 5.69 Å². The van der Waals surface area contributed by atoms with E-state index in [-0.39, 0.29) is 5.91 Å². The minimum atomic E-state index is -0.0989. The van der Waals surface area contributed by atoms with Crippen molar-refractivity contribution in [3.63, 3.8) is 0 Å². The molecule has 0 saturated carbocycles. The van der Waals surface area contributed by atoms with Gasteiger partial charge in [-0.15, -0.1) is 0 Å². The molecule has 0 aliphatic heterocycles. The van der Waals surface area contributed by atoms with E-state index in [1.54, 1.807) is 5.01 Å². The summed E-state index contributed by atoms with van der Waals surface area (Å²) in [5, 5.41) is 1.72. The lowest BCUT2D eigenvalue weighted by Crippen LogP contribution is -2.39. The Kier molecular flexibility index (Phi) is 3.85. The van der Waals surface area contributed by atoms with Crippen LogP contribution in [0.25, 0.3) is 0 Å². The third-order valence-corrected chi connectivity index (χ3v) is 2.90. The van der Waals surface area contributed by atoms with Crippen LogP contribution in [-0.4, -0.2) is 13.0 Å². The Morgan fingerprint density at radius 2 is 1.58 bits per heavy atom. The Balaban J connectivity index is 2.13. The number of rotatable bonds is 3. The highest BCUT2D eigenvalue weighted by atomic mass is 16.2. The van der Waals surface area contributed by atoms with Gasteiger partial charge in [-0.1, -0.05) is 35.4 Å². The Morgan fingerprint density at radius 1 is 1.00 bits per heavy atom. The SMILES string of the molecule is Cc1cc(C)cc(C(=O)NN(C)c2ccccc2)c1. The predicted octanol–water partition coefficient (Wildman–Crippen LogP) is 3.08. The molecule has 0 fully saturated rings. The Morgan fingerprint density at radius 3 is 2.16 bits per heavy atom. The molecule has 0 aromatic heterocycles. The van der Waals surface area contributed by atoms with E-state index in [0.29, 0.717) is 5.56 Å². The summed E-state index contributed by atoms with van der Waals surface area (Å²) in [5.74, 6) is -0.0989. The van der Waals surface area contributed by atoms with E-state index in [0.717, 1.165) is 16.8 Å². The van der Waals surface area contributed by atoms with E-state index < -0.39 is 0 Å². The third-order valence-electron chi connectivity index (χ3n) is 2.90. The van der Waals surface area contributed by atoms with E-state index in [9.17, 15) is 4.79 Å². The van der Waals surface area contributed by atoms with Gasteiger partial charge < -0.3 is 0 Å². The number of carbonyl (C=O) groups excluding carboxylic acids is 1. The quantitative estimate of drug-likeness (QED) is 0.854. The molecular weight excluding hydrogens is 236 g/mol. The molecular formula is C16H18N2O. The molecule has 19 heavy (non-hydrogen) atoms. The van der Waals surface area contributed by atoms with Crippen molar-refractivity contribution in [2.24, 2.45) is 0 Å². The normalized spacial score (nSPS) is 10.1. The molecule has 0 radical (unpaired) electrons. The van der Waals surface area contributed by atoms with Crippen LogP contribution in [0.15, 0.2) is 48.5 Å². The van der Waals surface area contributed by atoms with E-state index in [1.807, 2.05) is 63.4 Å². The lowest BCUT2D eigenvalue weighted by atomic mass is 10.1. The van der Waals surface area contributed by atoms with Gasteiger partial charge in [0.05, 0.1) is 5.69 Å². The van der Waals surface area contributed by atoms with Crippen LogP contribution in [0.1, 0.15) is 21.5 Å². The molecule has 2 aromatic carbocycles. The molecule has 3 nitrogen and oxygen atoms in total. The average Bonchev–Trinajstić information content (AvgIpc) is 2.38. The zero-order valence-corrected chi connectivity index (χ0v) is 11.5. The first-order valence-corrected chi connectivity index (χ1v) is 6.24. The van der Waals surface area contributed by atoms with E-state index in [2.05, 4.69) is 11.5 Å². The van der Waals surface area contributed by atoms with Gasteiger partial charge in [-0.05, 0) is 38.1 Å². The number of benzene rings is 2. The summed E-state index contributed by atoms with van der Waals surface area (Å²) in [6.45, 7) is 3.98. The first-order chi connectivity index (χ1) is 9.06. The van der Waals surface area contributed by atoms with Crippen molar-refractivity contribution in [2.75, 3.05) is 12.1 Å². The molecule has 0 atom stereocenters. The van der Waals surface area contributed by atoms with Crippen molar-refractivity contribution in [1.82, 2.24) is 5.43 Å². The summed E-state index contributed by atoms with van der Waals surface area (Å²) in [6, 6.07) is 15.6. The molecule has 2 aromatic rings. The van der Waals surface area contributed by atoms with Crippen LogP contribution in [0.3, 0.4) is 0 Å². The fourth-order valence-electron chi connectivity index (χ4n) is 2.04. The van der Waals surface area contributed by atoms with Crippen LogP contribution in [0.5, 0.6) is 0 Å². The summed E-state index contributed by atoms with van der Waals surface area (Å²) >= 11 is 0. The summed E-state index contributed by atoms with van der Waals surface area (Å²) in [5.41, 5.74) is 6.67. The monoisotopic (exact) mass is 254 g/mol. The molecule has 3 heteroatoms. The number of anilines is 1. The molecule has 0 heterocycles. The maximum Gasteiger partial charge on any atom is 0.269 e. The van der Waals surface area contributed by atoms with Crippen molar-refractivity contribution in [1.29, 1.82) is 0 Å². The highest BCUT2D eigenvalue weighted by molar-refractivity contribution is 5.95. The van der Waals surface area contributed by atoms with E-state index >= 15 is 0 Å². The number of hydrazine groups is 1. The predicted molar refractivity (Wildman–Crippen MR) is 78.2 cm³/mol. The minimum absolute atomic E-state index is 0.0989. The first kappa shape index (κ1) is 13.1. The molecule has 0 unspecified atom stereocenters. The highest BCUT2D eigenvalue weighted by Crippen LogP contribution is 2.11. The fraction of sp³-hybridized carbons (Fsp3) is 0.188. The van der Waals surface area contributed by atoms with Gasteiger partial charge >= 0.3 is 0 Å². The van der Waals surface area contributed by atoms with Crippen LogP contribution >= 0.6 is 0 Å². The Bertz CT molecular complexity index is 558. The number of aryl methyl sites for hydroxylation is 2. The van der Waals surface area contributed by atoms with Crippen LogP contribution < -0.4 is 10.4 Å². The summed E-state index contributed by atoms with van der Waals surface area (Å²) in [7, 11) is 1.83. The minimum Gasteiger partial charge on any atom is -0.288 e. The second-order valence-corrected chi connectivity index (χ2v) is 4.71. The zero-order valence-electron chi connectivity index (χ0n) is 11.5. The Hall–Kier alpha value is -2.29. The second-order valence-electron chi connectivity index (χ2n) is 4.71. The summed E-state index contributed by atoms with van der Waals surface area (Å²) in [6.07, 6.45) is 0. The lowest BCUT2D eigenvalue weighted by Gasteiger charge is -2.20. The third kappa shape index (κ3) is 3.35. The molecule has 0 spiro atoms. The second kappa shape index (κ2) is 5.57. The van der Waals surface area contributed by atoms with Gasteiger partial charge in [-0.3, -0.25) is 15.2 Å². The highest BCUT2D eigenvalue weighted by Gasteiger charge is 2.09. The van der Waals surface area contributed by atoms with Gasteiger partial charge in [0.15, 0.2) is 0 Å². The summed E-state index contributed by atoms with van der Waals surface area (Å²) in [4.78, 5) is 12.2. The van der Waals surface area contributed by atoms with Crippen molar-refractivity contribution in [3.8, 4) is 0 Å². The number of hydrogen-bond acceptors (Lipinski definition) is 2. The summed E-state index contributed by atoms with van der Waals surface area (Å²) < 4.78 is 0.